The van der Waals surface area contributed by atoms with Crippen molar-refractivity contribution in [2.24, 2.45) is 11.7 Å². The molecule has 0 aliphatic carbocycles. The summed E-state index contributed by atoms with van der Waals surface area (Å²) >= 11 is 0. The molecule has 0 aromatic carbocycles. The van der Waals surface area contributed by atoms with Crippen LogP contribution in [0.5, 0.6) is 0 Å². The van der Waals surface area contributed by atoms with Crippen LogP contribution in [0.2, 0.25) is 0 Å². The number of rotatable bonds is 4. The average molecular weight is 277 g/mol. The highest BCUT2D eigenvalue weighted by molar-refractivity contribution is 5.98. The molecule has 0 radical (unpaired) electrons. The Hall–Kier alpha value is -1.82. The third-order valence-electron chi connectivity index (χ3n) is 3.69. The second-order valence-electron chi connectivity index (χ2n) is 5.70. The van der Waals surface area contributed by atoms with Crippen molar-refractivity contribution in [3.05, 3.63) is 17.8 Å². The van der Waals surface area contributed by atoms with E-state index >= 15 is 0 Å². The molecule has 0 spiro atoms. The highest BCUT2D eigenvalue weighted by atomic mass is 16.1. The SMILES string of the molecule is CN(C)CC1CCN(c2ncc(N)cc2C(N)=O)CC1. The minimum atomic E-state index is -0.477. The molecule has 2 heterocycles. The molecule has 1 amide bonds. The third-order valence-corrected chi connectivity index (χ3v) is 3.69. The van der Waals surface area contributed by atoms with Gasteiger partial charge in [-0.1, -0.05) is 0 Å². The van der Waals surface area contributed by atoms with E-state index in [0.29, 0.717) is 23.0 Å². The number of aromatic nitrogens is 1. The Bertz CT molecular complexity index is 480. The molecule has 110 valence electrons. The van der Waals surface area contributed by atoms with E-state index in [4.69, 9.17) is 11.5 Å². The lowest BCUT2D eigenvalue weighted by Gasteiger charge is -2.34. The van der Waals surface area contributed by atoms with Crippen LogP contribution in [0.3, 0.4) is 0 Å². The van der Waals surface area contributed by atoms with Crippen LogP contribution >= 0.6 is 0 Å². The predicted molar refractivity (Wildman–Crippen MR) is 80.7 cm³/mol. The first-order valence-corrected chi connectivity index (χ1v) is 6.92. The summed E-state index contributed by atoms with van der Waals surface area (Å²) in [7, 11) is 4.19. The average Bonchev–Trinajstić information content (AvgIpc) is 2.39. The summed E-state index contributed by atoms with van der Waals surface area (Å²) in [5, 5.41) is 0. The molecule has 4 N–H and O–H groups in total. The number of hydrogen-bond donors (Lipinski definition) is 2. The predicted octanol–water partition coefficient (Wildman–Crippen LogP) is 0.541. The van der Waals surface area contributed by atoms with Gasteiger partial charge in [0.05, 0.1) is 17.4 Å². The van der Waals surface area contributed by atoms with Crippen molar-refractivity contribution in [3.63, 3.8) is 0 Å². The first kappa shape index (κ1) is 14.6. The van der Waals surface area contributed by atoms with E-state index in [0.717, 1.165) is 32.5 Å². The van der Waals surface area contributed by atoms with Crippen LogP contribution in [0.15, 0.2) is 12.3 Å². The molecule has 20 heavy (non-hydrogen) atoms. The minimum Gasteiger partial charge on any atom is -0.397 e. The van der Waals surface area contributed by atoms with Crippen LogP contribution in [-0.4, -0.2) is 49.5 Å². The first-order chi connectivity index (χ1) is 9.47. The normalized spacial score (nSPS) is 16.6. The maximum atomic E-state index is 11.5. The van der Waals surface area contributed by atoms with Gasteiger partial charge >= 0.3 is 0 Å². The van der Waals surface area contributed by atoms with Gasteiger partial charge in [0.15, 0.2) is 0 Å². The van der Waals surface area contributed by atoms with Crippen molar-refractivity contribution in [1.82, 2.24) is 9.88 Å². The summed E-state index contributed by atoms with van der Waals surface area (Å²) in [5.41, 5.74) is 12.0. The zero-order chi connectivity index (χ0) is 14.7. The van der Waals surface area contributed by atoms with E-state index in [-0.39, 0.29) is 0 Å². The van der Waals surface area contributed by atoms with Crippen LogP contribution in [0, 0.1) is 5.92 Å². The molecule has 0 bridgehead atoms. The highest BCUT2D eigenvalue weighted by Crippen LogP contribution is 2.25. The van der Waals surface area contributed by atoms with E-state index in [9.17, 15) is 4.79 Å². The molecule has 6 nitrogen and oxygen atoms in total. The minimum absolute atomic E-state index is 0.413. The molecule has 6 heteroatoms. The number of carbonyl (C=O) groups excluding carboxylic acids is 1. The van der Waals surface area contributed by atoms with Gasteiger partial charge in [-0.25, -0.2) is 4.98 Å². The Labute approximate surface area is 119 Å². The van der Waals surface area contributed by atoms with Crippen LogP contribution < -0.4 is 16.4 Å². The summed E-state index contributed by atoms with van der Waals surface area (Å²) in [6.45, 7) is 2.90. The number of nitrogens with two attached hydrogens (primary N) is 2. The van der Waals surface area contributed by atoms with E-state index in [2.05, 4.69) is 28.9 Å². The molecule has 1 aromatic heterocycles. The van der Waals surface area contributed by atoms with Crippen molar-refractivity contribution < 1.29 is 4.79 Å². The molecule has 1 saturated heterocycles. The number of pyridine rings is 1. The molecule has 1 aliphatic heterocycles. The van der Waals surface area contributed by atoms with Crippen molar-refractivity contribution in [3.8, 4) is 0 Å². The quantitative estimate of drug-likeness (QED) is 0.838. The fraction of sp³-hybridized carbons (Fsp3) is 0.571. The van der Waals surface area contributed by atoms with Crippen LogP contribution in [0.25, 0.3) is 0 Å². The van der Waals surface area contributed by atoms with Crippen LogP contribution in [-0.2, 0) is 0 Å². The number of nitrogens with zero attached hydrogens (tertiary/aromatic N) is 3. The van der Waals surface area contributed by atoms with Gasteiger partial charge in [0.2, 0.25) is 0 Å². The molecular formula is C14H23N5O. The maximum Gasteiger partial charge on any atom is 0.252 e. The van der Waals surface area contributed by atoms with E-state index in [1.54, 1.807) is 12.3 Å². The van der Waals surface area contributed by atoms with Gasteiger partial charge < -0.3 is 21.3 Å². The van der Waals surface area contributed by atoms with E-state index in [1.165, 1.54) is 0 Å². The Morgan fingerprint density at radius 1 is 1.45 bits per heavy atom. The summed E-state index contributed by atoms with van der Waals surface area (Å²) < 4.78 is 0. The Balaban J connectivity index is 2.09. The fourth-order valence-corrected chi connectivity index (χ4v) is 2.75. The van der Waals surface area contributed by atoms with Crippen LogP contribution in [0.1, 0.15) is 23.2 Å². The standard InChI is InChI=1S/C14H23N5O/c1-18(2)9-10-3-5-19(6-4-10)14-12(13(16)20)7-11(15)8-17-14/h7-8,10H,3-6,9,15H2,1-2H3,(H2,16,20). The molecule has 0 atom stereocenters. The zero-order valence-corrected chi connectivity index (χ0v) is 12.2. The number of primary amides is 1. The van der Waals surface area contributed by atoms with Crippen molar-refractivity contribution in [2.75, 3.05) is 44.4 Å². The number of amides is 1. The number of hydrogen-bond acceptors (Lipinski definition) is 5. The van der Waals surface area contributed by atoms with Crippen molar-refractivity contribution >= 4 is 17.4 Å². The Morgan fingerprint density at radius 2 is 2.10 bits per heavy atom. The molecular weight excluding hydrogens is 254 g/mol. The van der Waals surface area contributed by atoms with Gasteiger partial charge in [-0.3, -0.25) is 4.79 Å². The lowest BCUT2D eigenvalue weighted by Crippen LogP contribution is -2.38. The molecule has 1 fully saturated rings. The van der Waals surface area contributed by atoms with Crippen molar-refractivity contribution in [1.29, 1.82) is 0 Å². The summed E-state index contributed by atoms with van der Waals surface area (Å²) in [6, 6.07) is 1.61. The topological polar surface area (TPSA) is 88.5 Å². The number of anilines is 2. The van der Waals surface area contributed by atoms with E-state index < -0.39 is 5.91 Å². The molecule has 1 aliphatic rings. The van der Waals surface area contributed by atoms with Crippen LogP contribution in [0.4, 0.5) is 11.5 Å². The van der Waals surface area contributed by atoms with Crippen molar-refractivity contribution in [2.45, 2.75) is 12.8 Å². The Kier molecular flexibility index (Phi) is 4.44. The lowest BCUT2D eigenvalue weighted by atomic mass is 9.96. The summed E-state index contributed by atoms with van der Waals surface area (Å²) in [5.74, 6) is 0.886. The van der Waals surface area contributed by atoms with Gasteiger partial charge in [-0.2, -0.15) is 0 Å². The Morgan fingerprint density at radius 3 is 2.65 bits per heavy atom. The van der Waals surface area contributed by atoms with Gasteiger partial charge in [-0.15, -0.1) is 0 Å². The first-order valence-electron chi connectivity index (χ1n) is 6.92. The molecule has 1 aromatic rings. The van der Waals surface area contributed by atoms with E-state index in [1.807, 2.05) is 0 Å². The highest BCUT2D eigenvalue weighted by Gasteiger charge is 2.23. The monoisotopic (exact) mass is 277 g/mol. The second-order valence-corrected chi connectivity index (χ2v) is 5.70. The number of carbonyl (C=O) groups is 1. The van der Waals surface area contributed by atoms with Gasteiger partial charge in [0, 0.05) is 19.6 Å². The van der Waals surface area contributed by atoms with Gasteiger partial charge in [-0.05, 0) is 38.9 Å². The van der Waals surface area contributed by atoms with Gasteiger partial charge in [0.25, 0.3) is 5.91 Å². The zero-order valence-electron chi connectivity index (χ0n) is 12.2. The summed E-state index contributed by atoms with van der Waals surface area (Å²) in [6.07, 6.45) is 3.78. The largest absolute Gasteiger partial charge is 0.397 e. The lowest BCUT2D eigenvalue weighted by molar-refractivity contribution is 0.100. The fourth-order valence-electron chi connectivity index (χ4n) is 2.75. The smallest absolute Gasteiger partial charge is 0.252 e. The second kappa shape index (κ2) is 6.09. The third kappa shape index (κ3) is 3.39. The van der Waals surface area contributed by atoms with Gasteiger partial charge in [0.1, 0.15) is 5.82 Å². The maximum absolute atomic E-state index is 11.5. The number of piperidine rings is 1. The molecule has 0 saturated carbocycles. The number of nitrogen functional groups attached to an aromatic ring is 1. The molecule has 0 unspecified atom stereocenters. The summed E-state index contributed by atoms with van der Waals surface area (Å²) in [4.78, 5) is 20.2. The molecule has 2 rings (SSSR count).